The monoisotopic (exact) mass is 307 g/mol. The Morgan fingerprint density at radius 1 is 1.40 bits per heavy atom. The van der Waals surface area contributed by atoms with E-state index >= 15 is 0 Å². The van der Waals surface area contributed by atoms with Gasteiger partial charge in [0.2, 0.25) is 0 Å². The Bertz CT molecular complexity index is 353. The highest BCUT2D eigenvalue weighted by Gasteiger charge is 2.13. The molecular formula is C10H14BrNOS2. The standard InChI is InChI=1S/C10H14BrNOS2/c11-10-3-2-9(14-10)8-12-4-1-6-15(13)7-5-12/h2-3H,1,4-8H2. The lowest BCUT2D eigenvalue weighted by Crippen LogP contribution is -2.25. The van der Waals surface area contributed by atoms with Crippen molar-refractivity contribution in [1.29, 1.82) is 0 Å². The van der Waals surface area contributed by atoms with Crippen LogP contribution in [0, 0.1) is 0 Å². The molecule has 5 heteroatoms. The van der Waals surface area contributed by atoms with Crippen molar-refractivity contribution in [3.05, 3.63) is 20.8 Å². The van der Waals surface area contributed by atoms with E-state index in [1.54, 1.807) is 11.3 Å². The van der Waals surface area contributed by atoms with Gasteiger partial charge in [0.05, 0.1) is 3.79 Å². The van der Waals surface area contributed by atoms with Crippen molar-refractivity contribution in [1.82, 2.24) is 4.90 Å². The van der Waals surface area contributed by atoms with Crippen LogP contribution in [-0.4, -0.2) is 33.7 Å². The van der Waals surface area contributed by atoms with Gasteiger partial charge in [-0.25, -0.2) is 0 Å². The molecule has 0 spiro atoms. The summed E-state index contributed by atoms with van der Waals surface area (Å²) in [6.45, 7) is 3.07. The zero-order chi connectivity index (χ0) is 10.7. The molecule has 2 heterocycles. The molecule has 0 radical (unpaired) electrons. The van der Waals surface area contributed by atoms with E-state index in [9.17, 15) is 4.21 Å². The lowest BCUT2D eigenvalue weighted by Gasteiger charge is -2.17. The normalized spacial score (nSPS) is 23.9. The van der Waals surface area contributed by atoms with Crippen molar-refractivity contribution in [2.75, 3.05) is 24.6 Å². The first-order valence-electron chi connectivity index (χ1n) is 5.05. The van der Waals surface area contributed by atoms with Gasteiger partial charge in [-0.3, -0.25) is 9.11 Å². The van der Waals surface area contributed by atoms with Crippen LogP contribution in [0.3, 0.4) is 0 Å². The number of halogens is 1. The highest BCUT2D eigenvalue weighted by Crippen LogP contribution is 2.23. The van der Waals surface area contributed by atoms with Crippen LogP contribution in [0.25, 0.3) is 0 Å². The summed E-state index contributed by atoms with van der Waals surface area (Å²) in [5.41, 5.74) is 0. The van der Waals surface area contributed by atoms with E-state index in [-0.39, 0.29) is 0 Å². The summed E-state index contributed by atoms with van der Waals surface area (Å²) in [5.74, 6) is 1.72. The highest BCUT2D eigenvalue weighted by molar-refractivity contribution is 9.11. The molecule has 0 N–H and O–H groups in total. The Morgan fingerprint density at radius 3 is 3.00 bits per heavy atom. The van der Waals surface area contributed by atoms with E-state index in [1.165, 1.54) is 8.66 Å². The van der Waals surface area contributed by atoms with Crippen LogP contribution in [0.5, 0.6) is 0 Å². The van der Waals surface area contributed by atoms with E-state index in [0.29, 0.717) is 0 Å². The molecule has 0 aromatic carbocycles. The third-order valence-electron chi connectivity index (χ3n) is 2.49. The van der Waals surface area contributed by atoms with Crippen molar-refractivity contribution >= 4 is 38.1 Å². The molecule has 84 valence electrons. The second-order valence-electron chi connectivity index (χ2n) is 3.68. The maximum atomic E-state index is 11.4. The SMILES string of the molecule is O=S1CCCN(Cc2ccc(Br)s2)CC1. The van der Waals surface area contributed by atoms with Gasteiger partial charge in [-0.2, -0.15) is 0 Å². The van der Waals surface area contributed by atoms with E-state index in [0.717, 1.165) is 37.6 Å². The van der Waals surface area contributed by atoms with E-state index in [4.69, 9.17) is 0 Å². The Morgan fingerprint density at radius 2 is 2.27 bits per heavy atom. The predicted molar refractivity (Wildman–Crippen MR) is 69.8 cm³/mol. The quantitative estimate of drug-likeness (QED) is 0.836. The molecule has 0 saturated carbocycles. The molecule has 0 amide bonds. The molecule has 2 nitrogen and oxygen atoms in total. The zero-order valence-electron chi connectivity index (χ0n) is 8.45. The van der Waals surface area contributed by atoms with Crippen LogP contribution >= 0.6 is 27.3 Å². The number of rotatable bonds is 2. The van der Waals surface area contributed by atoms with E-state index in [1.807, 2.05) is 0 Å². The molecular weight excluding hydrogens is 294 g/mol. The number of thiophene rings is 1. The predicted octanol–water partition coefficient (Wildman–Crippen LogP) is 2.47. The summed E-state index contributed by atoms with van der Waals surface area (Å²) in [6.07, 6.45) is 1.07. The van der Waals surface area contributed by atoms with Crippen molar-refractivity contribution < 1.29 is 4.21 Å². The summed E-state index contributed by atoms with van der Waals surface area (Å²) >= 11 is 5.26. The summed E-state index contributed by atoms with van der Waals surface area (Å²) in [4.78, 5) is 3.79. The molecule has 2 rings (SSSR count). The van der Waals surface area contributed by atoms with Gasteiger partial charge >= 0.3 is 0 Å². The van der Waals surface area contributed by atoms with E-state index < -0.39 is 10.8 Å². The lowest BCUT2D eigenvalue weighted by atomic mass is 10.3. The summed E-state index contributed by atoms with van der Waals surface area (Å²) in [7, 11) is -0.579. The van der Waals surface area contributed by atoms with Crippen LogP contribution in [-0.2, 0) is 17.3 Å². The lowest BCUT2D eigenvalue weighted by molar-refractivity contribution is 0.290. The van der Waals surface area contributed by atoms with Crippen molar-refractivity contribution in [3.8, 4) is 0 Å². The Kier molecular flexibility index (Phi) is 4.37. The first-order chi connectivity index (χ1) is 7.24. The third kappa shape index (κ3) is 3.66. The smallest absolute Gasteiger partial charge is 0.0701 e. The Hall–Kier alpha value is 0.290. The fourth-order valence-corrected chi connectivity index (χ4v) is 4.35. The summed E-state index contributed by atoms with van der Waals surface area (Å²) in [5, 5.41) is 0. The van der Waals surface area contributed by atoms with Crippen LogP contribution in [0.1, 0.15) is 11.3 Å². The van der Waals surface area contributed by atoms with Crippen LogP contribution < -0.4 is 0 Å². The molecule has 1 saturated heterocycles. The average Bonchev–Trinajstić information content (AvgIpc) is 2.48. The largest absolute Gasteiger partial charge is 0.297 e. The fraction of sp³-hybridized carbons (Fsp3) is 0.600. The summed E-state index contributed by atoms with van der Waals surface area (Å²) in [6, 6.07) is 4.26. The third-order valence-corrected chi connectivity index (χ3v) is 5.48. The topological polar surface area (TPSA) is 20.3 Å². The van der Waals surface area contributed by atoms with Crippen molar-refractivity contribution in [2.45, 2.75) is 13.0 Å². The Balaban J connectivity index is 1.91. The van der Waals surface area contributed by atoms with Crippen LogP contribution in [0.15, 0.2) is 15.9 Å². The zero-order valence-corrected chi connectivity index (χ0v) is 11.7. The molecule has 1 atom stereocenters. The second-order valence-corrected chi connectivity index (χ2v) is 7.93. The minimum absolute atomic E-state index is 0.579. The highest BCUT2D eigenvalue weighted by atomic mass is 79.9. The molecule has 0 bridgehead atoms. The number of hydrogen-bond acceptors (Lipinski definition) is 3. The maximum absolute atomic E-state index is 11.4. The molecule has 1 aliphatic heterocycles. The fourth-order valence-electron chi connectivity index (χ4n) is 1.71. The van der Waals surface area contributed by atoms with Gasteiger partial charge in [-0.1, -0.05) is 0 Å². The van der Waals surface area contributed by atoms with Crippen molar-refractivity contribution in [2.24, 2.45) is 0 Å². The van der Waals surface area contributed by atoms with E-state index in [2.05, 4.69) is 33.0 Å². The number of nitrogens with zero attached hydrogens (tertiary/aromatic N) is 1. The second kappa shape index (κ2) is 5.57. The summed E-state index contributed by atoms with van der Waals surface area (Å²) < 4.78 is 12.6. The first-order valence-corrected chi connectivity index (χ1v) is 8.15. The molecule has 15 heavy (non-hydrogen) atoms. The first kappa shape index (κ1) is 11.8. The van der Waals surface area contributed by atoms with Gasteiger partial charge in [-0.15, -0.1) is 11.3 Å². The van der Waals surface area contributed by atoms with Gasteiger partial charge in [0.15, 0.2) is 0 Å². The van der Waals surface area contributed by atoms with Crippen LogP contribution in [0.2, 0.25) is 0 Å². The van der Waals surface area contributed by atoms with Gasteiger partial charge in [0.1, 0.15) is 0 Å². The molecule has 1 aromatic heterocycles. The molecule has 0 aliphatic carbocycles. The molecule has 1 fully saturated rings. The number of hydrogen-bond donors (Lipinski definition) is 0. The minimum Gasteiger partial charge on any atom is -0.297 e. The maximum Gasteiger partial charge on any atom is 0.0701 e. The minimum atomic E-state index is -0.579. The molecule has 1 aliphatic rings. The molecule has 1 unspecified atom stereocenters. The van der Waals surface area contributed by atoms with Gasteiger partial charge in [-0.05, 0) is 41.0 Å². The van der Waals surface area contributed by atoms with Gasteiger partial charge < -0.3 is 0 Å². The Labute approximate surface area is 105 Å². The van der Waals surface area contributed by atoms with Crippen LogP contribution in [0.4, 0.5) is 0 Å². The molecule has 1 aromatic rings. The average molecular weight is 308 g/mol. The van der Waals surface area contributed by atoms with Crippen molar-refractivity contribution in [3.63, 3.8) is 0 Å². The van der Waals surface area contributed by atoms with Gasteiger partial charge in [0.25, 0.3) is 0 Å². The van der Waals surface area contributed by atoms with Gasteiger partial charge in [0, 0.05) is 40.3 Å².